The molecule has 0 radical (unpaired) electrons. The first-order valence-electron chi connectivity index (χ1n) is 6.25. The van der Waals surface area contributed by atoms with E-state index < -0.39 is 0 Å². The van der Waals surface area contributed by atoms with Gasteiger partial charge >= 0.3 is 0 Å². The van der Waals surface area contributed by atoms with Crippen molar-refractivity contribution in [1.82, 2.24) is 4.90 Å². The summed E-state index contributed by atoms with van der Waals surface area (Å²) >= 11 is 0. The fourth-order valence-corrected chi connectivity index (χ4v) is 2.10. The number of nitrogens with zero attached hydrogens (tertiary/aromatic N) is 2. The molecule has 0 bridgehead atoms. The Morgan fingerprint density at radius 1 is 1.32 bits per heavy atom. The third-order valence-corrected chi connectivity index (χ3v) is 3.11. The lowest BCUT2D eigenvalue weighted by Crippen LogP contribution is -2.41. The minimum Gasteiger partial charge on any atom is -0.378 e. The van der Waals surface area contributed by atoms with Crippen molar-refractivity contribution in [1.29, 1.82) is 0 Å². The number of benzene rings is 1. The Morgan fingerprint density at radius 3 is 2.68 bits per heavy atom. The van der Waals surface area contributed by atoms with Gasteiger partial charge in [-0.15, -0.1) is 0 Å². The quantitative estimate of drug-likeness (QED) is 0.600. The Bertz CT molecular complexity index is 469. The van der Waals surface area contributed by atoms with E-state index >= 15 is 0 Å². The van der Waals surface area contributed by atoms with Gasteiger partial charge in [0.15, 0.2) is 0 Å². The van der Waals surface area contributed by atoms with Crippen LogP contribution in [-0.2, 0) is 11.2 Å². The molecule has 6 heteroatoms. The molecule has 1 amide bonds. The molecule has 1 heterocycles. The molecule has 1 aromatic rings. The predicted octanol–water partition coefficient (Wildman–Crippen LogP) is 0.978. The lowest BCUT2D eigenvalue weighted by Gasteiger charge is -2.27. The van der Waals surface area contributed by atoms with Crippen LogP contribution < -0.4 is 0 Å². The standard InChI is InChI=1S/C13H16N2O4/c16-13(14-7-9-19-10-8-14)12-4-2-1-3-11(12)5-6-15(17)18/h1-4H,5-10H2. The first kappa shape index (κ1) is 13.5. The number of hydrogen-bond acceptors (Lipinski definition) is 4. The van der Waals surface area contributed by atoms with E-state index in [2.05, 4.69) is 0 Å². The second-order valence-corrected chi connectivity index (χ2v) is 4.37. The highest BCUT2D eigenvalue weighted by atomic mass is 16.6. The zero-order chi connectivity index (χ0) is 13.7. The largest absolute Gasteiger partial charge is 0.378 e. The van der Waals surface area contributed by atoms with Gasteiger partial charge in [0, 0.05) is 30.0 Å². The van der Waals surface area contributed by atoms with Gasteiger partial charge in [0.2, 0.25) is 6.54 Å². The summed E-state index contributed by atoms with van der Waals surface area (Å²) in [4.78, 5) is 24.2. The number of nitro groups is 1. The van der Waals surface area contributed by atoms with Gasteiger partial charge in [-0.05, 0) is 11.6 Å². The summed E-state index contributed by atoms with van der Waals surface area (Å²) in [6.07, 6.45) is 0.277. The van der Waals surface area contributed by atoms with Gasteiger partial charge in [-0.3, -0.25) is 14.9 Å². The minimum absolute atomic E-state index is 0.0674. The van der Waals surface area contributed by atoms with Crippen LogP contribution in [0.15, 0.2) is 24.3 Å². The summed E-state index contributed by atoms with van der Waals surface area (Å²) in [5, 5.41) is 10.4. The maximum absolute atomic E-state index is 12.4. The normalized spacial score (nSPS) is 15.3. The molecule has 0 unspecified atom stereocenters. The molecule has 0 aliphatic carbocycles. The molecule has 1 aliphatic rings. The fourth-order valence-electron chi connectivity index (χ4n) is 2.10. The van der Waals surface area contributed by atoms with Crippen LogP contribution in [-0.4, -0.2) is 48.6 Å². The molecule has 0 saturated carbocycles. The lowest BCUT2D eigenvalue weighted by atomic mass is 10.0. The minimum atomic E-state index is -0.365. The van der Waals surface area contributed by atoms with Gasteiger partial charge in [0.25, 0.3) is 5.91 Å². The van der Waals surface area contributed by atoms with E-state index in [9.17, 15) is 14.9 Å². The molecule has 1 aromatic carbocycles. The highest BCUT2D eigenvalue weighted by molar-refractivity contribution is 5.95. The molecular formula is C13H16N2O4. The van der Waals surface area contributed by atoms with Crippen molar-refractivity contribution in [3.8, 4) is 0 Å². The summed E-state index contributed by atoms with van der Waals surface area (Å²) in [7, 11) is 0. The summed E-state index contributed by atoms with van der Waals surface area (Å²) < 4.78 is 5.21. The first-order chi connectivity index (χ1) is 9.18. The van der Waals surface area contributed by atoms with Crippen molar-refractivity contribution in [2.75, 3.05) is 32.8 Å². The van der Waals surface area contributed by atoms with Gasteiger partial charge in [-0.25, -0.2) is 0 Å². The molecule has 0 atom stereocenters. The molecule has 2 rings (SSSR count). The molecule has 6 nitrogen and oxygen atoms in total. The second kappa shape index (κ2) is 6.29. The molecule has 0 aromatic heterocycles. The third-order valence-electron chi connectivity index (χ3n) is 3.11. The maximum Gasteiger partial charge on any atom is 0.254 e. The van der Waals surface area contributed by atoms with Gasteiger partial charge in [0.1, 0.15) is 0 Å². The fraction of sp³-hybridized carbons (Fsp3) is 0.462. The lowest BCUT2D eigenvalue weighted by molar-refractivity contribution is -0.479. The zero-order valence-electron chi connectivity index (χ0n) is 10.6. The number of rotatable bonds is 4. The number of hydrogen-bond donors (Lipinski definition) is 0. The van der Waals surface area contributed by atoms with Crippen LogP contribution in [0.3, 0.4) is 0 Å². The summed E-state index contributed by atoms with van der Waals surface area (Å²) in [5.74, 6) is -0.0674. The number of carbonyl (C=O) groups is 1. The molecule has 19 heavy (non-hydrogen) atoms. The Kier molecular flexibility index (Phi) is 4.46. The van der Waals surface area contributed by atoms with Crippen molar-refractivity contribution in [3.05, 3.63) is 45.5 Å². The second-order valence-electron chi connectivity index (χ2n) is 4.37. The molecular weight excluding hydrogens is 248 g/mol. The van der Waals surface area contributed by atoms with Gasteiger partial charge in [-0.1, -0.05) is 18.2 Å². The van der Waals surface area contributed by atoms with Crippen LogP contribution in [0, 0.1) is 10.1 Å². The monoisotopic (exact) mass is 264 g/mol. The van der Waals surface area contributed by atoms with E-state index in [1.165, 1.54) is 0 Å². The number of amides is 1. The topological polar surface area (TPSA) is 72.7 Å². The van der Waals surface area contributed by atoms with Crippen LogP contribution in [0.4, 0.5) is 0 Å². The van der Waals surface area contributed by atoms with Crippen molar-refractivity contribution in [2.24, 2.45) is 0 Å². The number of ether oxygens (including phenoxy) is 1. The van der Waals surface area contributed by atoms with E-state index in [1.54, 1.807) is 29.2 Å². The SMILES string of the molecule is O=C(c1ccccc1CC[N+](=O)[O-])N1CCOCC1. The van der Waals surface area contributed by atoms with Gasteiger partial charge in [-0.2, -0.15) is 0 Å². The maximum atomic E-state index is 12.4. The van der Waals surface area contributed by atoms with E-state index in [4.69, 9.17) is 4.74 Å². The highest BCUT2D eigenvalue weighted by Crippen LogP contribution is 2.14. The van der Waals surface area contributed by atoms with E-state index in [0.717, 1.165) is 5.56 Å². The molecule has 102 valence electrons. The Balaban J connectivity index is 2.13. The van der Waals surface area contributed by atoms with Crippen LogP contribution >= 0.6 is 0 Å². The Labute approximate surface area is 111 Å². The van der Waals surface area contributed by atoms with Gasteiger partial charge < -0.3 is 9.64 Å². The van der Waals surface area contributed by atoms with Crippen LogP contribution in [0.5, 0.6) is 0 Å². The van der Waals surface area contributed by atoms with Crippen molar-refractivity contribution < 1.29 is 14.5 Å². The average molecular weight is 264 g/mol. The molecule has 1 saturated heterocycles. The van der Waals surface area contributed by atoms with Crippen LogP contribution in [0.2, 0.25) is 0 Å². The molecule has 0 N–H and O–H groups in total. The third kappa shape index (κ3) is 3.51. The summed E-state index contributed by atoms with van der Waals surface area (Å²) in [6.45, 7) is 2.07. The van der Waals surface area contributed by atoms with Crippen molar-refractivity contribution >= 4 is 5.91 Å². The van der Waals surface area contributed by atoms with E-state index in [1.807, 2.05) is 0 Å². The van der Waals surface area contributed by atoms with Crippen molar-refractivity contribution in [3.63, 3.8) is 0 Å². The number of carbonyl (C=O) groups excluding carboxylic acids is 1. The van der Waals surface area contributed by atoms with Crippen LogP contribution in [0.25, 0.3) is 0 Å². The van der Waals surface area contributed by atoms with Gasteiger partial charge in [0.05, 0.1) is 13.2 Å². The summed E-state index contributed by atoms with van der Waals surface area (Å²) in [6, 6.07) is 7.08. The smallest absolute Gasteiger partial charge is 0.254 e. The highest BCUT2D eigenvalue weighted by Gasteiger charge is 2.20. The Hall–Kier alpha value is -1.95. The molecule has 0 spiro atoms. The molecule has 1 fully saturated rings. The van der Waals surface area contributed by atoms with E-state index in [-0.39, 0.29) is 23.8 Å². The average Bonchev–Trinajstić information content (AvgIpc) is 2.45. The number of morpholine rings is 1. The zero-order valence-corrected chi connectivity index (χ0v) is 10.6. The first-order valence-corrected chi connectivity index (χ1v) is 6.25. The Morgan fingerprint density at radius 2 is 2.00 bits per heavy atom. The molecule has 1 aliphatic heterocycles. The summed E-state index contributed by atoms with van der Waals surface area (Å²) in [5.41, 5.74) is 1.29. The predicted molar refractivity (Wildman–Crippen MR) is 68.7 cm³/mol. The van der Waals surface area contributed by atoms with E-state index in [0.29, 0.717) is 31.9 Å². The van der Waals surface area contributed by atoms with Crippen molar-refractivity contribution in [2.45, 2.75) is 6.42 Å². The van der Waals surface area contributed by atoms with Crippen LogP contribution in [0.1, 0.15) is 15.9 Å².